The lowest BCUT2D eigenvalue weighted by molar-refractivity contribution is -0.131. The van der Waals surface area contributed by atoms with Gasteiger partial charge in [-0.2, -0.15) is 0 Å². The van der Waals surface area contributed by atoms with Crippen LogP contribution in [0.5, 0.6) is 0 Å². The third-order valence-corrected chi connectivity index (χ3v) is 3.56. The Balaban J connectivity index is 5.20. The van der Waals surface area contributed by atoms with Crippen molar-refractivity contribution in [2.45, 2.75) is 79.9 Å². The number of nitrogens with zero attached hydrogens (tertiary/aromatic N) is 1. The maximum Gasteiger partial charge on any atom is 0.152 e. The standard InChI is InChI=1S/C15H31NO/c1-9-13(8)14(15(17)10(2)3)16(11(4)5)12(6)7/h10-14H,9H2,1-8H3. The summed E-state index contributed by atoms with van der Waals surface area (Å²) in [6, 6.07) is 0.897. The van der Waals surface area contributed by atoms with Crippen LogP contribution in [0.4, 0.5) is 0 Å². The minimum Gasteiger partial charge on any atom is -0.298 e. The second kappa shape index (κ2) is 7.15. The van der Waals surface area contributed by atoms with E-state index in [1.807, 2.05) is 13.8 Å². The summed E-state index contributed by atoms with van der Waals surface area (Å²) in [4.78, 5) is 14.8. The van der Waals surface area contributed by atoms with Gasteiger partial charge in [-0.15, -0.1) is 0 Å². The molecule has 0 saturated carbocycles. The van der Waals surface area contributed by atoms with Gasteiger partial charge in [0.1, 0.15) is 0 Å². The fourth-order valence-corrected chi connectivity index (χ4v) is 2.52. The highest BCUT2D eigenvalue weighted by Gasteiger charge is 2.34. The summed E-state index contributed by atoms with van der Waals surface area (Å²) in [5.41, 5.74) is 0. The Labute approximate surface area is 108 Å². The topological polar surface area (TPSA) is 20.3 Å². The van der Waals surface area contributed by atoms with Crippen LogP contribution < -0.4 is 0 Å². The molecular formula is C15H31NO. The van der Waals surface area contributed by atoms with Gasteiger partial charge in [-0.05, 0) is 33.6 Å². The van der Waals surface area contributed by atoms with Crippen molar-refractivity contribution in [1.29, 1.82) is 0 Å². The molecular weight excluding hydrogens is 210 g/mol. The molecule has 2 heteroatoms. The largest absolute Gasteiger partial charge is 0.298 e. The molecule has 0 aromatic carbocycles. The normalized spacial score (nSPS) is 16.0. The molecule has 17 heavy (non-hydrogen) atoms. The Morgan fingerprint density at radius 3 is 1.59 bits per heavy atom. The first-order chi connectivity index (χ1) is 7.73. The zero-order chi connectivity index (χ0) is 13.7. The summed E-state index contributed by atoms with van der Waals surface area (Å²) in [6.07, 6.45) is 1.05. The van der Waals surface area contributed by atoms with Crippen LogP contribution in [-0.2, 0) is 4.79 Å². The Morgan fingerprint density at radius 2 is 1.35 bits per heavy atom. The van der Waals surface area contributed by atoms with Crippen LogP contribution in [0.1, 0.15) is 61.8 Å². The molecule has 0 aromatic heterocycles. The third-order valence-electron chi connectivity index (χ3n) is 3.56. The van der Waals surface area contributed by atoms with Gasteiger partial charge in [0.2, 0.25) is 0 Å². The number of Topliss-reactive ketones (excluding diaryl/α,β-unsaturated/α-hetero) is 1. The van der Waals surface area contributed by atoms with Crippen LogP contribution in [0.3, 0.4) is 0 Å². The summed E-state index contributed by atoms with van der Waals surface area (Å²) in [7, 11) is 0. The number of hydrogen-bond donors (Lipinski definition) is 0. The highest BCUT2D eigenvalue weighted by atomic mass is 16.1. The van der Waals surface area contributed by atoms with Gasteiger partial charge in [0, 0.05) is 18.0 Å². The zero-order valence-electron chi connectivity index (χ0n) is 12.9. The third kappa shape index (κ3) is 4.42. The maximum absolute atomic E-state index is 12.5. The van der Waals surface area contributed by atoms with E-state index in [9.17, 15) is 4.79 Å². The van der Waals surface area contributed by atoms with E-state index in [4.69, 9.17) is 0 Å². The Kier molecular flexibility index (Phi) is 6.99. The summed E-state index contributed by atoms with van der Waals surface area (Å²) < 4.78 is 0. The van der Waals surface area contributed by atoms with Crippen molar-refractivity contribution in [2.75, 3.05) is 0 Å². The monoisotopic (exact) mass is 241 g/mol. The van der Waals surface area contributed by atoms with Gasteiger partial charge in [-0.3, -0.25) is 9.69 Å². The molecule has 0 N–H and O–H groups in total. The van der Waals surface area contributed by atoms with Crippen molar-refractivity contribution in [2.24, 2.45) is 11.8 Å². The smallest absolute Gasteiger partial charge is 0.152 e. The van der Waals surface area contributed by atoms with E-state index in [-0.39, 0.29) is 12.0 Å². The van der Waals surface area contributed by atoms with E-state index in [0.717, 1.165) is 6.42 Å². The SMILES string of the molecule is CCC(C)C(C(=O)C(C)C)N(C(C)C)C(C)C. The van der Waals surface area contributed by atoms with Gasteiger partial charge >= 0.3 is 0 Å². The van der Waals surface area contributed by atoms with Crippen LogP contribution >= 0.6 is 0 Å². The van der Waals surface area contributed by atoms with Gasteiger partial charge in [-0.1, -0.05) is 34.1 Å². The number of carbonyl (C=O) groups excluding carboxylic acids is 1. The second-order valence-corrected chi connectivity index (χ2v) is 6.02. The molecule has 2 atom stereocenters. The lowest BCUT2D eigenvalue weighted by Crippen LogP contribution is -2.53. The second-order valence-electron chi connectivity index (χ2n) is 6.02. The lowest BCUT2D eigenvalue weighted by atomic mass is 9.87. The highest BCUT2D eigenvalue weighted by molar-refractivity contribution is 5.86. The van der Waals surface area contributed by atoms with Crippen LogP contribution in [0.2, 0.25) is 0 Å². The zero-order valence-corrected chi connectivity index (χ0v) is 12.9. The van der Waals surface area contributed by atoms with Crippen LogP contribution in [0, 0.1) is 11.8 Å². The molecule has 0 spiro atoms. The van der Waals surface area contributed by atoms with E-state index in [2.05, 4.69) is 46.4 Å². The minimum atomic E-state index is 0.0694. The van der Waals surface area contributed by atoms with Gasteiger partial charge in [-0.25, -0.2) is 0 Å². The molecule has 102 valence electrons. The summed E-state index contributed by atoms with van der Waals surface area (Å²) >= 11 is 0. The summed E-state index contributed by atoms with van der Waals surface area (Å²) in [5.74, 6) is 0.936. The number of rotatable bonds is 7. The first-order valence-corrected chi connectivity index (χ1v) is 7.05. The molecule has 0 amide bonds. The molecule has 2 unspecified atom stereocenters. The van der Waals surface area contributed by atoms with Crippen molar-refractivity contribution in [1.82, 2.24) is 4.90 Å². The van der Waals surface area contributed by atoms with Crippen LogP contribution in [-0.4, -0.2) is 28.8 Å². The Bertz CT molecular complexity index is 225. The average molecular weight is 241 g/mol. The molecule has 0 aliphatic rings. The first-order valence-electron chi connectivity index (χ1n) is 7.05. The van der Waals surface area contributed by atoms with Gasteiger partial charge < -0.3 is 0 Å². The van der Waals surface area contributed by atoms with Gasteiger partial charge in [0.05, 0.1) is 6.04 Å². The van der Waals surface area contributed by atoms with E-state index in [1.165, 1.54) is 0 Å². The number of ketones is 1. The average Bonchev–Trinajstić information content (AvgIpc) is 2.22. The fraction of sp³-hybridized carbons (Fsp3) is 0.933. The lowest BCUT2D eigenvalue weighted by Gasteiger charge is -2.41. The van der Waals surface area contributed by atoms with Crippen molar-refractivity contribution in [3.8, 4) is 0 Å². The fourth-order valence-electron chi connectivity index (χ4n) is 2.52. The number of hydrogen-bond acceptors (Lipinski definition) is 2. The molecule has 0 aliphatic heterocycles. The molecule has 2 nitrogen and oxygen atoms in total. The van der Waals surface area contributed by atoms with Gasteiger partial charge in [0.25, 0.3) is 0 Å². The van der Waals surface area contributed by atoms with E-state index >= 15 is 0 Å². The van der Waals surface area contributed by atoms with E-state index in [0.29, 0.717) is 23.8 Å². The van der Waals surface area contributed by atoms with Crippen molar-refractivity contribution in [3.05, 3.63) is 0 Å². The summed E-state index contributed by atoms with van der Waals surface area (Å²) in [5, 5.41) is 0. The van der Waals surface area contributed by atoms with Crippen molar-refractivity contribution in [3.63, 3.8) is 0 Å². The van der Waals surface area contributed by atoms with E-state index < -0.39 is 0 Å². The first kappa shape index (κ1) is 16.6. The molecule has 0 radical (unpaired) electrons. The molecule has 0 aromatic rings. The molecule has 0 heterocycles. The maximum atomic E-state index is 12.5. The predicted octanol–water partition coefficient (Wildman–Crippen LogP) is 3.75. The molecule has 0 fully saturated rings. The number of carbonyl (C=O) groups is 1. The van der Waals surface area contributed by atoms with Crippen LogP contribution in [0.25, 0.3) is 0 Å². The Hall–Kier alpha value is -0.370. The molecule has 0 rings (SSSR count). The minimum absolute atomic E-state index is 0.0694. The van der Waals surface area contributed by atoms with Crippen LogP contribution in [0.15, 0.2) is 0 Å². The molecule has 0 saturated heterocycles. The quantitative estimate of drug-likeness (QED) is 0.676. The van der Waals surface area contributed by atoms with Gasteiger partial charge in [0.15, 0.2) is 5.78 Å². The predicted molar refractivity (Wildman–Crippen MR) is 75.2 cm³/mol. The van der Waals surface area contributed by atoms with Crippen molar-refractivity contribution >= 4 is 5.78 Å². The summed E-state index contributed by atoms with van der Waals surface area (Å²) in [6.45, 7) is 17.1. The highest BCUT2D eigenvalue weighted by Crippen LogP contribution is 2.23. The Morgan fingerprint density at radius 1 is 0.941 bits per heavy atom. The van der Waals surface area contributed by atoms with Crippen molar-refractivity contribution < 1.29 is 4.79 Å². The molecule has 0 bridgehead atoms. The van der Waals surface area contributed by atoms with E-state index in [1.54, 1.807) is 0 Å². The molecule has 0 aliphatic carbocycles.